The highest BCUT2D eigenvalue weighted by Crippen LogP contribution is 2.31. The number of carbonyl (C=O) groups excluding carboxylic acids is 1. The molecule has 1 unspecified atom stereocenters. The zero-order valence-electron chi connectivity index (χ0n) is 15.4. The second kappa shape index (κ2) is 6.95. The van der Waals surface area contributed by atoms with E-state index in [1.807, 2.05) is 0 Å². The van der Waals surface area contributed by atoms with Gasteiger partial charge in [-0.3, -0.25) is 9.59 Å². The topological polar surface area (TPSA) is 107 Å². The molecule has 0 spiro atoms. The number of amidine groups is 1. The van der Waals surface area contributed by atoms with Gasteiger partial charge in [-0.1, -0.05) is 12.1 Å². The van der Waals surface area contributed by atoms with E-state index in [0.29, 0.717) is 37.3 Å². The van der Waals surface area contributed by atoms with Gasteiger partial charge >= 0.3 is 5.97 Å². The highest BCUT2D eigenvalue weighted by molar-refractivity contribution is 7.90. The van der Waals surface area contributed by atoms with Crippen molar-refractivity contribution in [3.8, 4) is 0 Å². The summed E-state index contributed by atoms with van der Waals surface area (Å²) in [5, 5.41) is 9.26. The van der Waals surface area contributed by atoms with Gasteiger partial charge in [0.2, 0.25) is 5.91 Å². The Hall–Kier alpha value is -2.42. The molecule has 2 heterocycles. The Morgan fingerprint density at radius 1 is 1.33 bits per heavy atom. The van der Waals surface area contributed by atoms with Crippen LogP contribution < -0.4 is 0 Å². The summed E-state index contributed by atoms with van der Waals surface area (Å²) in [6.45, 7) is 2.82. The van der Waals surface area contributed by atoms with Gasteiger partial charge in [-0.25, -0.2) is 0 Å². The summed E-state index contributed by atoms with van der Waals surface area (Å²) < 4.78 is 28.1. The summed E-state index contributed by atoms with van der Waals surface area (Å²) in [5.74, 6) is -0.566. The number of benzene rings is 1. The highest BCUT2D eigenvalue weighted by Gasteiger charge is 2.41. The molecule has 0 radical (unpaired) electrons. The van der Waals surface area contributed by atoms with Gasteiger partial charge in [0.15, 0.2) is 0 Å². The number of carbonyl (C=O) groups is 2. The van der Waals surface area contributed by atoms with Crippen LogP contribution in [0.3, 0.4) is 0 Å². The van der Waals surface area contributed by atoms with E-state index in [1.54, 1.807) is 42.0 Å². The van der Waals surface area contributed by atoms with Crippen LogP contribution in [-0.4, -0.2) is 67.7 Å². The third-order valence-electron chi connectivity index (χ3n) is 5.20. The number of hydrogen-bond acceptors (Lipinski definition) is 5. The van der Waals surface area contributed by atoms with E-state index < -0.39 is 21.4 Å². The minimum absolute atomic E-state index is 0.0743. The molecule has 0 bridgehead atoms. The predicted molar refractivity (Wildman–Crippen MR) is 99.0 cm³/mol. The van der Waals surface area contributed by atoms with Crippen molar-refractivity contribution >= 4 is 27.7 Å². The van der Waals surface area contributed by atoms with E-state index in [4.69, 9.17) is 0 Å². The molecule has 1 saturated heterocycles. The molecule has 1 fully saturated rings. The molecule has 1 N–H and O–H groups in total. The lowest BCUT2D eigenvalue weighted by Crippen LogP contribution is -2.35. The van der Waals surface area contributed by atoms with Crippen LogP contribution >= 0.6 is 0 Å². The van der Waals surface area contributed by atoms with Crippen molar-refractivity contribution in [2.24, 2.45) is 9.81 Å². The number of likely N-dealkylation sites (tertiary alicyclic amines) is 1. The van der Waals surface area contributed by atoms with Gasteiger partial charge in [-0.2, -0.15) is 8.42 Å². The zero-order chi connectivity index (χ0) is 19.8. The molecule has 2 aliphatic heterocycles. The van der Waals surface area contributed by atoms with Crippen molar-refractivity contribution < 1.29 is 23.1 Å². The third-order valence-corrected chi connectivity index (χ3v) is 6.53. The summed E-state index contributed by atoms with van der Waals surface area (Å²) in [7, 11) is -1.91. The largest absolute Gasteiger partial charge is 0.481 e. The van der Waals surface area contributed by atoms with Gasteiger partial charge in [0.1, 0.15) is 10.7 Å². The summed E-state index contributed by atoms with van der Waals surface area (Å²) in [5.41, 5.74) is -0.300. The Morgan fingerprint density at radius 2 is 2.04 bits per heavy atom. The number of sulfonamides is 1. The lowest BCUT2D eigenvalue weighted by Gasteiger charge is -2.22. The average Bonchev–Trinajstić information content (AvgIpc) is 3.15. The van der Waals surface area contributed by atoms with Crippen molar-refractivity contribution in [3.63, 3.8) is 0 Å². The standard InChI is InChI=1S/C18H23N3O5S/c1-18(17(23)24)9-11-21(12-18)15(22)8-5-10-20(2)16-13-6-3-4-7-14(13)27(25,26)19-16/h3-4,6-7H,5,8-12H2,1-2H3,(H,23,24). The fourth-order valence-corrected chi connectivity index (χ4v) is 4.70. The molecule has 146 valence electrons. The quantitative estimate of drug-likeness (QED) is 0.805. The van der Waals surface area contributed by atoms with Crippen molar-refractivity contribution in [1.29, 1.82) is 0 Å². The van der Waals surface area contributed by atoms with Crippen LogP contribution in [0.2, 0.25) is 0 Å². The monoisotopic (exact) mass is 393 g/mol. The maximum absolute atomic E-state index is 12.3. The Morgan fingerprint density at radius 3 is 2.70 bits per heavy atom. The highest BCUT2D eigenvalue weighted by atomic mass is 32.2. The summed E-state index contributed by atoms with van der Waals surface area (Å²) in [6.07, 6.45) is 1.26. The third kappa shape index (κ3) is 3.69. The molecule has 1 aromatic carbocycles. The number of aliphatic carboxylic acids is 1. The Bertz CT molecular complexity index is 911. The van der Waals surface area contributed by atoms with Crippen LogP contribution in [0.4, 0.5) is 0 Å². The molecule has 1 amide bonds. The molecule has 0 aliphatic carbocycles. The molecule has 0 saturated carbocycles. The first-order valence-corrected chi connectivity index (χ1v) is 10.2. The van der Waals surface area contributed by atoms with Crippen LogP contribution in [0.1, 0.15) is 31.7 Å². The normalized spacial score (nSPS) is 23.0. The van der Waals surface area contributed by atoms with Crippen LogP contribution in [0.5, 0.6) is 0 Å². The first-order valence-electron chi connectivity index (χ1n) is 8.81. The van der Waals surface area contributed by atoms with Crippen LogP contribution in [-0.2, 0) is 19.6 Å². The maximum Gasteiger partial charge on any atom is 0.311 e. The smallest absolute Gasteiger partial charge is 0.311 e. The number of nitrogens with zero attached hydrogens (tertiary/aromatic N) is 3. The van der Waals surface area contributed by atoms with E-state index in [0.717, 1.165) is 0 Å². The first kappa shape index (κ1) is 19.3. The number of amides is 1. The van der Waals surface area contributed by atoms with Gasteiger partial charge in [0.05, 0.1) is 5.41 Å². The molecule has 27 heavy (non-hydrogen) atoms. The Labute approximate surface area is 158 Å². The number of carboxylic acid groups (broad SMARTS) is 1. The number of fused-ring (bicyclic) bond motifs is 1. The van der Waals surface area contributed by atoms with E-state index >= 15 is 0 Å². The van der Waals surface area contributed by atoms with Crippen molar-refractivity contribution in [2.75, 3.05) is 26.7 Å². The SMILES string of the molecule is CN(CCCC(=O)N1CCC(C)(C(=O)O)C1)C1=NS(=O)(=O)c2ccccc21. The van der Waals surface area contributed by atoms with Crippen LogP contribution in [0.25, 0.3) is 0 Å². The average molecular weight is 393 g/mol. The fraction of sp³-hybridized carbons (Fsp3) is 0.500. The van der Waals surface area contributed by atoms with E-state index in [1.165, 1.54) is 6.07 Å². The maximum atomic E-state index is 12.3. The number of rotatable bonds is 5. The summed E-state index contributed by atoms with van der Waals surface area (Å²) >= 11 is 0. The minimum atomic E-state index is -3.66. The van der Waals surface area contributed by atoms with Gasteiger partial charge in [0.25, 0.3) is 10.0 Å². The van der Waals surface area contributed by atoms with Crippen molar-refractivity contribution in [3.05, 3.63) is 29.8 Å². The van der Waals surface area contributed by atoms with Gasteiger partial charge in [0, 0.05) is 38.7 Å². The molecule has 1 atom stereocenters. The second-order valence-electron chi connectivity index (χ2n) is 7.34. The minimum Gasteiger partial charge on any atom is -0.481 e. The van der Waals surface area contributed by atoms with Crippen LogP contribution in [0.15, 0.2) is 33.6 Å². The lowest BCUT2D eigenvalue weighted by atomic mass is 9.90. The number of hydrogen-bond donors (Lipinski definition) is 1. The van der Waals surface area contributed by atoms with E-state index in [2.05, 4.69) is 4.40 Å². The molecule has 0 aromatic heterocycles. The van der Waals surface area contributed by atoms with Crippen molar-refractivity contribution in [2.45, 2.75) is 31.1 Å². The number of carboxylic acids is 1. The molecule has 3 rings (SSSR count). The predicted octanol–water partition coefficient (Wildman–Crippen LogP) is 1.17. The lowest BCUT2D eigenvalue weighted by molar-refractivity contribution is -0.147. The molecular formula is C18H23N3O5S. The molecule has 9 heteroatoms. The van der Waals surface area contributed by atoms with Gasteiger partial charge < -0.3 is 14.9 Å². The summed E-state index contributed by atoms with van der Waals surface area (Å²) in [4.78, 5) is 27.2. The second-order valence-corrected chi connectivity index (χ2v) is 8.91. The Balaban J connectivity index is 1.56. The van der Waals surface area contributed by atoms with Gasteiger partial charge in [-0.15, -0.1) is 4.40 Å². The zero-order valence-corrected chi connectivity index (χ0v) is 16.2. The van der Waals surface area contributed by atoms with E-state index in [9.17, 15) is 23.1 Å². The summed E-state index contributed by atoms with van der Waals surface area (Å²) in [6, 6.07) is 6.68. The Kier molecular flexibility index (Phi) is 4.98. The van der Waals surface area contributed by atoms with Gasteiger partial charge in [-0.05, 0) is 31.9 Å². The van der Waals surface area contributed by atoms with Crippen molar-refractivity contribution in [1.82, 2.24) is 9.80 Å². The molecule has 8 nitrogen and oxygen atoms in total. The molecule has 2 aliphatic rings. The molecular weight excluding hydrogens is 370 g/mol. The van der Waals surface area contributed by atoms with E-state index in [-0.39, 0.29) is 23.8 Å². The molecule has 1 aromatic rings. The van der Waals surface area contributed by atoms with Crippen LogP contribution in [0, 0.1) is 5.41 Å². The fourth-order valence-electron chi connectivity index (χ4n) is 3.44. The first-order chi connectivity index (χ1) is 12.6.